The Hall–Kier alpha value is -2.61. The lowest BCUT2D eigenvalue weighted by molar-refractivity contribution is 0.592. The number of hydrogen-bond acceptors (Lipinski definition) is 4. The van der Waals surface area contributed by atoms with Crippen molar-refractivity contribution in [1.82, 2.24) is 4.57 Å². The number of nitriles is 1. The third kappa shape index (κ3) is 3.18. The first-order valence-corrected chi connectivity index (χ1v) is 8.68. The number of aromatic nitrogens is 1. The maximum atomic E-state index is 9.39. The summed E-state index contributed by atoms with van der Waals surface area (Å²) in [4.78, 5) is 4.72. The molecule has 0 amide bonds. The molecular formula is C19H25N5. The van der Waals surface area contributed by atoms with E-state index in [1.54, 1.807) is 0 Å². The van der Waals surface area contributed by atoms with Gasteiger partial charge < -0.3 is 20.1 Å². The Bertz CT molecular complexity index is 705. The van der Waals surface area contributed by atoms with Gasteiger partial charge in [-0.3, -0.25) is 0 Å². The highest BCUT2D eigenvalue weighted by molar-refractivity contribution is 5.68. The zero-order chi connectivity index (χ0) is 16.9. The summed E-state index contributed by atoms with van der Waals surface area (Å²) in [5, 5.41) is 9.39. The van der Waals surface area contributed by atoms with Crippen LogP contribution in [0.1, 0.15) is 25.5 Å². The predicted molar refractivity (Wildman–Crippen MR) is 99.3 cm³/mol. The van der Waals surface area contributed by atoms with E-state index in [2.05, 4.69) is 51.6 Å². The molecule has 0 aliphatic carbocycles. The fraction of sp³-hybridized carbons (Fsp3) is 0.421. The Morgan fingerprint density at radius 1 is 1.08 bits per heavy atom. The second kappa shape index (κ2) is 7.31. The van der Waals surface area contributed by atoms with Crippen molar-refractivity contribution in [3.63, 3.8) is 0 Å². The van der Waals surface area contributed by atoms with Crippen molar-refractivity contribution in [2.24, 2.45) is 0 Å². The molecule has 2 heterocycles. The molecule has 0 unspecified atom stereocenters. The van der Waals surface area contributed by atoms with Crippen LogP contribution in [-0.2, 0) is 6.54 Å². The fourth-order valence-corrected chi connectivity index (χ4v) is 3.36. The van der Waals surface area contributed by atoms with E-state index in [0.29, 0.717) is 5.69 Å². The van der Waals surface area contributed by atoms with Gasteiger partial charge in [0.05, 0.1) is 5.69 Å². The second-order valence-corrected chi connectivity index (χ2v) is 6.24. The van der Waals surface area contributed by atoms with Gasteiger partial charge in [0, 0.05) is 38.4 Å². The summed E-state index contributed by atoms with van der Waals surface area (Å²) in [6.07, 6.45) is 2.16. The molecule has 1 aliphatic rings. The zero-order valence-corrected chi connectivity index (χ0v) is 14.3. The van der Waals surface area contributed by atoms with Crippen molar-refractivity contribution in [2.75, 3.05) is 41.7 Å². The number of nitrogens with zero attached hydrogens (tertiary/aromatic N) is 4. The summed E-state index contributed by atoms with van der Waals surface area (Å²) in [6.45, 7) is 6.77. The van der Waals surface area contributed by atoms with Crippen LogP contribution < -0.4 is 15.5 Å². The Labute approximate surface area is 143 Å². The fourth-order valence-electron chi connectivity index (χ4n) is 3.36. The summed E-state index contributed by atoms with van der Waals surface area (Å²) in [5.74, 6) is 1.02. The van der Waals surface area contributed by atoms with Gasteiger partial charge in [0.2, 0.25) is 0 Å². The normalized spacial score (nSPS) is 14.7. The van der Waals surface area contributed by atoms with Gasteiger partial charge >= 0.3 is 0 Å². The molecule has 126 valence electrons. The Kier molecular flexibility index (Phi) is 4.95. The second-order valence-electron chi connectivity index (χ2n) is 6.24. The topological polar surface area (TPSA) is 61.2 Å². The molecule has 0 radical (unpaired) electrons. The molecule has 3 rings (SSSR count). The maximum Gasteiger partial charge on any atom is 0.133 e. The van der Waals surface area contributed by atoms with Crippen molar-refractivity contribution in [2.45, 2.75) is 26.3 Å². The standard InChI is InChI=1S/C19H25N5/c1-2-3-9-24-17(15-20)14-18(21)19(24)23-12-10-22(11-13-23)16-7-5-4-6-8-16/h4-8,14H,2-3,9-13,21H2,1H3. The SMILES string of the molecule is CCCCn1c(C#N)cc(N)c1N1CCN(c2ccccc2)CC1. The van der Waals surface area contributed by atoms with Crippen molar-refractivity contribution in [3.05, 3.63) is 42.1 Å². The molecule has 0 atom stereocenters. The molecule has 1 aromatic carbocycles. The molecule has 0 bridgehead atoms. The van der Waals surface area contributed by atoms with E-state index in [-0.39, 0.29) is 0 Å². The van der Waals surface area contributed by atoms with Crippen LogP contribution in [0.5, 0.6) is 0 Å². The molecule has 0 spiro atoms. The van der Waals surface area contributed by atoms with Gasteiger partial charge in [0.25, 0.3) is 0 Å². The molecule has 1 saturated heterocycles. The van der Waals surface area contributed by atoms with Crippen LogP contribution in [0.2, 0.25) is 0 Å². The van der Waals surface area contributed by atoms with Crippen LogP contribution in [0.25, 0.3) is 0 Å². The van der Waals surface area contributed by atoms with E-state index in [0.717, 1.165) is 57.1 Å². The number of unbranched alkanes of at least 4 members (excludes halogenated alkanes) is 1. The molecule has 0 saturated carbocycles. The molecule has 2 aromatic rings. The van der Waals surface area contributed by atoms with Crippen LogP contribution in [-0.4, -0.2) is 30.7 Å². The van der Waals surface area contributed by atoms with E-state index in [9.17, 15) is 5.26 Å². The van der Waals surface area contributed by atoms with E-state index in [4.69, 9.17) is 5.73 Å². The van der Waals surface area contributed by atoms with Gasteiger partial charge in [-0.25, -0.2) is 0 Å². The lowest BCUT2D eigenvalue weighted by Crippen LogP contribution is -2.47. The number of para-hydroxylation sites is 1. The minimum Gasteiger partial charge on any atom is -0.396 e. The van der Waals surface area contributed by atoms with Crippen LogP contribution in [0.4, 0.5) is 17.2 Å². The molecule has 2 N–H and O–H groups in total. The molecule has 5 heteroatoms. The minimum atomic E-state index is 0.668. The number of anilines is 3. The minimum absolute atomic E-state index is 0.668. The summed E-state index contributed by atoms with van der Waals surface area (Å²) in [5.41, 5.74) is 8.89. The number of hydrogen-bond donors (Lipinski definition) is 1. The lowest BCUT2D eigenvalue weighted by atomic mass is 10.2. The number of benzene rings is 1. The Morgan fingerprint density at radius 3 is 2.38 bits per heavy atom. The van der Waals surface area contributed by atoms with Gasteiger partial charge in [-0.2, -0.15) is 5.26 Å². The van der Waals surface area contributed by atoms with Crippen LogP contribution in [0.15, 0.2) is 36.4 Å². The molecule has 1 aliphatic heterocycles. The van der Waals surface area contributed by atoms with Crippen molar-refractivity contribution in [1.29, 1.82) is 5.26 Å². The van der Waals surface area contributed by atoms with E-state index >= 15 is 0 Å². The average molecular weight is 323 g/mol. The lowest BCUT2D eigenvalue weighted by Gasteiger charge is -2.38. The Morgan fingerprint density at radius 2 is 1.75 bits per heavy atom. The largest absolute Gasteiger partial charge is 0.396 e. The van der Waals surface area contributed by atoms with Crippen molar-refractivity contribution in [3.8, 4) is 6.07 Å². The van der Waals surface area contributed by atoms with Gasteiger partial charge in [-0.15, -0.1) is 0 Å². The third-order valence-corrected chi connectivity index (χ3v) is 4.65. The van der Waals surface area contributed by atoms with E-state index in [1.807, 2.05) is 12.1 Å². The molecule has 5 nitrogen and oxygen atoms in total. The maximum absolute atomic E-state index is 9.39. The number of nitrogen functional groups attached to an aromatic ring is 1. The average Bonchev–Trinajstić information content (AvgIpc) is 2.96. The smallest absolute Gasteiger partial charge is 0.133 e. The van der Waals surface area contributed by atoms with Crippen molar-refractivity contribution >= 4 is 17.2 Å². The highest BCUT2D eigenvalue weighted by Gasteiger charge is 2.23. The molecule has 1 aromatic heterocycles. The van der Waals surface area contributed by atoms with Gasteiger partial charge in [-0.05, 0) is 24.6 Å². The van der Waals surface area contributed by atoms with E-state index < -0.39 is 0 Å². The summed E-state index contributed by atoms with van der Waals surface area (Å²) in [7, 11) is 0. The summed E-state index contributed by atoms with van der Waals surface area (Å²) >= 11 is 0. The van der Waals surface area contributed by atoms with Crippen molar-refractivity contribution < 1.29 is 0 Å². The van der Waals surface area contributed by atoms with Gasteiger partial charge in [-0.1, -0.05) is 31.5 Å². The Balaban J connectivity index is 1.76. The molecule has 24 heavy (non-hydrogen) atoms. The quantitative estimate of drug-likeness (QED) is 0.918. The van der Waals surface area contributed by atoms with Crippen LogP contribution in [0, 0.1) is 11.3 Å². The molecular weight excluding hydrogens is 298 g/mol. The number of piperazine rings is 1. The zero-order valence-electron chi connectivity index (χ0n) is 14.3. The summed E-state index contributed by atoms with van der Waals surface area (Å²) in [6, 6.07) is 14.6. The number of nitrogens with two attached hydrogens (primary N) is 1. The number of rotatable bonds is 5. The van der Waals surface area contributed by atoms with Crippen LogP contribution in [0.3, 0.4) is 0 Å². The summed E-state index contributed by atoms with van der Waals surface area (Å²) < 4.78 is 2.09. The first-order chi connectivity index (χ1) is 11.7. The first-order valence-electron chi connectivity index (χ1n) is 8.68. The highest BCUT2D eigenvalue weighted by Crippen LogP contribution is 2.30. The third-order valence-electron chi connectivity index (χ3n) is 4.65. The predicted octanol–water partition coefficient (Wildman–Crippen LogP) is 3.07. The van der Waals surface area contributed by atoms with Gasteiger partial charge in [0.1, 0.15) is 17.6 Å². The first kappa shape index (κ1) is 16.3. The molecule has 1 fully saturated rings. The van der Waals surface area contributed by atoms with Gasteiger partial charge in [0.15, 0.2) is 0 Å². The van der Waals surface area contributed by atoms with Crippen LogP contribution >= 0.6 is 0 Å². The highest BCUT2D eigenvalue weighted by atomic mass is 15.3. The van der Waals surface area contributed by atoms with E-state index in [1.165, 1.54) is 5.69 Å². The monoisotopic (exact) mass is 323 g/mol.